The Hall–Kier alpha value is -2.35. The summed E-state index contributed by atoms with van der Waals surface area (Å²) in [6.45, 7) is 1.19. The summed E-state index contributed by atoms with van der Waals surface area (Å²) in [6, 6.07) is 4.70. The third-order valence-corrected chi connectivity index (χ3v) is 3.36. The van der Waals surface area contributed by atoms with E-state index in [1.165, 1.54) is 35.8 Å². The molecule has 4 nitrogen and oxygen atoms in total. The molecule has 0 saturated heterocycles. The first kappa shape index (κ1) is 16.0. The van der Waals surface area contributed by atoms with Crippen molar-refractivity contribution in [3.05, 3.63) is 46.2 Å². The highest BCUT2D eigenvalue weighted by molar-refractivity contribution is 7.08. The minimum atomic E-state index is -4.66. The number of amides is 2. The standard InChI is InChI=1S/C14H11F3N2O2S/c1-8(20)18-10-2-3-12(11(6-10)14(15,16)17)19-13(21)9-4-5-22-7-9/h2-7H,1H3,(H,18,20)(H,19,21). The van der Waals surface area contributed by atoms with Crippen LogP contribution in [0.1, 0.15) is 22.8 Å². The van der Waals surface area contributed by atoms with E-state index in [0.29, 0.717) is 0 Å². The number of rotatable bonds is 3. The number of anilines is 2. The summed E-state index contributed by atoms with van der Waals surface area (Å²) in [5, 5.41) is 7.70. The number of nitrogens with one attached hydrogen (secondary N) is 2. The maximum Gasteiger partial charge on any atom is 0.418 e. The van der Waals surface area contributed by atoms with E-state index in [9.17, 15) is 22.8 Å². The third kappa shape index (κ3) is 3.85. The summed E-state index contributed by atoms with van der Waals surface area (Å²) >= 11 is 1.27. The Morgan fingerprint density at radius 3 is 2.41 bits per heavy atom. The smallest absolute Gasteiger partial charge is 0.326 e. The third-order valence-electron chi connectivity index (χ3n) is 2.68. The van der Waals surface area contributed by atoms with E-state index >= 15 is 0 Å². The number of carbonyl (C=O) groups is 2. The minimum absolute atomic E-state index is 0.00774. The van der Waals surface area contributed by atoms with Gasteiger partial charge in [-0.2, -0.15) is 24.5 Å². The van der Waals surface area contributed by atoms with E-state index in [2.05, 4.69) is 10.6 Å². The van der Waals surface area contributed by atoms with E-state index in [4.69, 9.17) is 0 Å². The molecule has 0 saturated carbocycles. The molecule has 2 N–H and O–H groups in total. The molecule has 0 aliphatic heterocycles. The number of halogens is 3. The predicted octanol–water partition coefficient (Wildman–Crippen LogP) is 3.98. The highest BCUT2D eigenvalue weighted by Gasteiger charge is 2.34. The predicted molar refractivity (Wildman–Crippen MR) is 78.0 cm³/mol. The van der Waals surface area contributed by atoms with Crippen molar-refractivity contribution in [1.82, 2.24) is 0 Å². The lowest BCUT2D eigenvalue weighted by molar-refractivity contribution is -0.137. The van der Waals surface area contributed by atoms with Gasteiger partial charge in [-0.05, 0) is 29.6 Å². The molecule has 0 bridgehead atoms. The normalized spacial score (nSPS) is 11.1. The molecule has 0 spiro atoms. The second-order valence-corrected chi connectivity index (χ2v) is 5.19. The van der Waals surface area contributed by atoms with Gasteiger partial charge in [0.1, 0.15) is 0 Å². The van der Waals surface area contributed by atoms with Crippen LogP contribution in [0.15, 0.2) is 35.0 Å². The highest BCUT2D eigenvalue weighted by Crippen LogP contribution is 2.36. The van der Waals surface area contributed by atoms with Crippen molar-refractivity contribution in [2.24, 2.45) is 0 Å². The number of benzene rings is 1. The monoisotopic (exact) mass is 328 g/mol. The molecule has 1 aromatic carbocycles. The fraction of sp³-hybridized carbons (Fsp3) is 0.143. The Bertz CT molecular complexity index is 697. The van der Waals surface area contributed by atoms with Crippen LogP contribution in [0.5, 0.6) is 0 Å². The number of carbonyl (C=O) groups excluding carboxylic acids is 2. The van der Waals surface area contributed by atoms with Gasteiger partial charge in [-0.15, -0.1) is 0 Å². The molecule has 0 aliphatic rings. The van der Waals surface area contributed by atoms with E-state index in [-0.39, 0.29) is 16.9 Å². The Labute approximate surface area is 128 Å². The zero-order chi connectivity index (χ0) is 16.3. The fourth-order valence-corrected chi connectivity index (χ4v) is 2.39. The van der Waals surface area contributed by atoms with Crippen LogP contribution < -0.4 is 10.6 Å². The van der Waals surface area contributed by atoms with Crippen LogP contribution >= 0.6 is 11.3 Å². The second kappa shape index (κ2) is 6.18. The fourth-order valence-electron chi connectivity index (χ4n) is 1.76. The van der Waals surface area contributed by atoms with E-state index in [1.807, 2.05) is 0 Å². The van der Waals surface area contributed by atoms with Crippen LogP contribution in [0.4, 0.5) is 24.5 Å². The molecule has 2 aromatic rings. The van der Waals surface area contributed by atoms with E-state index < -0.39 is 23.6 Å². The first-order valence-electron chi connectivity index (χ1n) is 6.10. The minimum Gasteiger partial charge on any atom is -0.326 e. The first-order chi connectivity index (χ1) is 10.3. The highest BCUT2D eigenvalue weighted by atomic mass is 32.1. The molecule has 0 atom stereocenters. The summed E-state index contributed by atoms with van der Waals surface area (Å²) in [5.74, 6) is -1.11. The van der Waals surface area contributed by atoms with Crippen LogP contribution in [-0.2, 0) is 11.0 Å². The lowest BCUT2D eigenvalue weighted by atomic mass is 10.1. The largest absolute Gasteiger partial charge is 0.418 e. The average molecular weight is 328 g/mol. The maximum atomic E-state index is 13.1. The van der Waals surface area contributed by atoms with Crippen LogP contribution in [0.25, 0.3) is 0 Å². The van der Waals surface area contributed by atoms with Crippen molar-refractivity contribution in [1.29, 1.82) is 0 Å². The first-order valence-corrected chi connectivity index (χ1v) is 7.04. The summed E-state index contributed by atoms with van der Waals surface area (Å²) < 4.78 is 39.3. The van der Waals surface area contributed by atoms with Crippen molar-refractivity contribution in [2.45, 2.75) is 13.1 Å². The average Bonchev–Trinajstić information content (AvgIpc) is 2.92. The number of thiophene rings is 1. The SMILES string of the molecule is CC(=O)Nc1ccc(NC(=O)c2ccsc2)c(C(F)(F)F)c1. The van der Waals surface area contributed by atoms with Gasteiger partial charge in [0.25, 0.3) is 5.91 Å². The molecule has 1 heterocycles. The molecule has 22 heavy (non-hydrogen) atoms. The van der Waals surface area contributed by atoms with E-state index in [0.717, 1.165) is 12.1 Å². The van der Waals surface area contributed by atoms with Crippen molar-refractivity contribution >= 4 is 34.5 Å². The van der Waals surface area contributed by atoms with Gasteiger partial charge >= 0.3 is 6.18 Å². The van der Waals surface area contributed by atoms with Crippen molar-refractivity contribution < 1.29 is 22.8 Å². The molecular weight excluding hydrogens is 317 g/mol. The van der Waals surface area contributed by atoms with Gasteiger partial charge in [-0.1, -0.05) is 0 Å². The van der Waals surface area contributed by atoms with Gasteiger partial charge < -0.3 is 10.6 Å². The maximum absolute atomic E-state index is 13.1. The summed E-state index contributed by atoms with van der Waals surface area (Å²) in [4.78, 5) is 22.8. The molecule has 2 amide bonds. The lowest BCUT2D eigenvalue weighted by Crippen LogP contribution is -2.17. The molecule has 0 unspecified atom stereocenters. The topological polar surface area (TPSA) is 58.2 Å². The summed E-state index contributed by atoms with van der Waals surface area (Å²) in [5.41, 5.74) is -1.10. The second-order valence-electron chi connectivity index (χ2n) is 4.41. The molecule has 116 valence electrons. The van der Waals surface area contributed by atoms with Crippen LogP contribution in [0.2, 0.25) is 0 Å². The lowest BCUT2D eigenvalue weighted by Gasteiger charge is -2.15. The Morgan fingerprint density at radius 2 is 1.86 bits per heavy atom. The Balaban J connectivity index is 2.34. The zero-order valence-electron chi connectivity index (χ0n) is 11.3. The molecule has 1 aromatic heterocycles. The Kier molecular flexibility index (Phi) is 4.51. The van der Waals surface area contributed by atoms with Crippen molar-refractivity contribution in [2.75, 3.05) is 10.6 Å². The molecule has 2 rings (SSSR count). The molecular formula is C14H11F3N2O2S. The quantitative estimate of drug-likeness (QED) is 0.895. The van der Waals surface area contributed by atoms with Gasteiger partial charge in [0.05, 0.1) is 16.8 Å². The van der Waals surface area contributed by atoms with Gasteiger partial charge in [0.2, 0.25) is 5.91 Å². The molecule has 0 radical (unpaired) electrons. The molecule has 8 heteroatoms. The molecule has 0 aliphatic carbocycles. The molecule has 0 fully saturated rings. The van der Waals surface area contributed by atoms with Crippen LogP contribution in [0, 0.1) is 0 Å². The Morgan fingerprint density at radius 1 is 1.14 bits per heavy atom. The zero-order valence-corrected chi connectivity index (χ0v) is 12.1. The summed E-state index contributed by atoms with van der Waals surface area (Å²) in [6.07, 6.45) is -4.66. The van der Waals surface area contributed by atoms with Crippen molar-refractivity contribution in [3.63, 3.8) is 0 Å². The van der Waals surface area contributed by atoms with Gasteiger partial charge in [0, 0.05) is 18.0 Å². The van der Waals surface area contributed by atoms with Crippen molar-refractivity contribution in [3.8, 4) is 0 Å². The summed E-state index contributed by atoms with van der Waals surface area (Å²) in [7, 11) is 0. The van der Waals surface area contributed by atoms with Gasteiger partial charge in [-0.3, -0.25) is 9.59 Å². The van der Waals surface area contributed by atoms with Crippen LogP contribution in [0.3, 0.4) is 0 Å². The number of hydrogen-bond acceptors (Lipinski definition) is 3. The number of hydrogen-bond donors (Lipinski definition) is 2. The van der Waals surface area contributed by atoms with Gasteiger partial charge in [-0.25, -0.2) is 0 Å². The van der Waals surface area contributed by atoms with Crippen LogP contribution in [-0.4, -0.2) is 11.8 Å². The number of alkyl halides is 3. The van der Waals surface area contributed by atoms with E-state index in [1.54, 1.807) is 5.38 Å². The van der Waals surface area contributed by atoms with Gasteiger partial charge in [0.15, 0.2) is 0 Å².